The Morgan fingerprint density at radius 2 is 1.85 bits per heavy atom. The van der Waals surface area contributed by atoms with E-state index in [2.05, 4.69) is 6.92 Å². The molecule has 13 heavy (non-hydrogen) atoms. The minimum atomic E-state index is -1.15. The second-order valence-electron chi connectivity index (χ2n) is 3.22. The van der Waals surface area contributed by atoms with Crippen molar-refractivity contribution in [2.24, 2.45) is 0 Å². The van der Waals surface area contributed by atoms with E-state index in [-0.39, 0.29) is 6.10 Å². The van der Waals surface area contributed by atoms with Crippen LogP contribution in [0.5, 0.6) is 0 Å². The van der Waals surface area contributed by atoms with E-state index in [9.17, 15) is 5.11 Å². The fraction of sp³-hybridized carbons (Fsp3) is 1.00. The third-order valence-corrected chi connectivity index (χ3v) is 1.95. The van der Waals surface area contributed by atoms with Crippen LogP contribution in [0, 0.1) is 0 Å². The molecule has 80 valence electrons. The van der Waals surface area contributed by atoms with E-state index >= 15 is 0 Å². The zero-order chi connectivity index (χ0) is 10.3. The summed E-state index contributed by atoms with van der Waals surface area (Å²) in [6, 6.07) is 0. The molecule has 3 nitrogen and oxygen atoms in total. The van der Waals surface area contributed by atoms with Gasteiger partial charge in [-0.3, -0.25) is 0 Å². The molecule has 0 heterocycles. The van der Waals surface area contributed by atoms with Gasteiger partial charge in [0.15, 0.2) is 5.79 Å². The molecule has 0 rings (SSSR count). The molecule has 0 aliphatic rings. The smallest absolute Gasteiger partial charge is 0.189 e. The monoisotopic (exact) mass is 190 g/mol. The maximum absolute atomic E-state index is 9.89. The fourth-order valence-electron chi connectivity index (χ4n) is 1.35. The van der Waals surface area contributed by atoms with E-state index in [1.807, 2.05) is 13.8 Å². The highest BCUT2D eigenvalue weighted by Gasteiger charge is 2.32. The van der Waals surface area contributed by atoms with Crippen molar-refractivity contribution >= 4 is 0 Å². The molecule has 0 fully saturated rings. The van der Waals surface area contributed by atoms with E-state index in [0.29, 0.717) is 13.2 Å². The van der Waals surface area contributed by atoms with E-state index in [1.54, 1.807) is 6.92 Å². The van der Waals surface area contributed by atoms with Crippen molar-refractivity contribution in [3.8, 4) is 0 Å². The Kier molecular flexibility index (Phi) is 6.29. The predicted octanol–water partition coefficient (Wildman–Crippen LogP) is 1.94. The number of ether oxygens (including phenoxy) is 2. The Morgan fingerprint density at radius 3 is 2.23 bits per heavy atom. The van der Waals surface area contributed by atoms with Crippen molar-refractivity contribution in [3.05, 3.63) is 0 Å². The standard InChI is InChI=1S/C10H22O3/c1-5-8-9(12-6-2)10(4,11)13-7-3/h9,11H,5-8H2,1-4H3. The summed E-state index contributed by atoms with van der Waals surface area (Å²) in [4.78, 5) is 0. The molecule has 0 spiro atoms. The minimum absolute atomic E-state index is 0.220. The summed E-state index contributed by atoms with van der Waals surface area (Å²) in [5, 5.41) is 9.89. The van der Waals surface area contributed by atoms with Gasteiger partial charge in [-0.25, -0.2) is 0 Å². The molecular formula is C10H22O3. The maximum atomic E-state index is 9.89. The fourth-order valence-corrected chi connectivity index (χ4v) is 1.35. The van der Waals surface area contributed by atoms with Crippen molar-refractivity contribution < 1.29 is 14.6 Å². The topological polar surface area (TPSA) is 38.7 Å². The third kappa shape index (κ3) is 4.60. The van der Waals surface area contributed by atoms with Gasteiger partial charge in [-0.2, -0.15) is 0 Å². The molecule has 0 aromatic heterocycles. The van der Waals surface area contributed by atoms with Gasteiger partial charge in [-0.15, -0.1) is 0 Å². The van der Waals surface area contributed by atoms with Crippen LogP contribution in [0.3, 0.4) is 0 Å². The van der Waals surface area contributed by atoms with Gasteiger partial charge in [0.1, 0.15) is 6.10 Å². The lowest BCUT2D eigenvalue weighted by Crippen LogP contribution is -2.43. The van der Waals surface area contributed by atoms with Crippen LogP contribution in [0.4, 0.5) is 0 Å². The predicted molar refractivity (Wildman–Crippen MR) is 52.6 cm³/mol. The highest BCUT2D eigenvalue weighted by atomic mass is 16.6. The molecule has 0 saturated heterocycles. The number of aliphatic hydroxyl groups is 1. The van der Waals surface area contributed by atoms with Crippen molar-refractivity contribution in [2.75, 3.05) is 13.2 Å². The lowest BCUT2D eigenvalue weighted by Gasteiger charge is -2.31. The van der Waals surface area contributed by atoms with Gasteiger partial charge in [-0.05, 0) is 27.2 Å². The Balaban J connectivity index is 4.13. The Hall–Kier alpha value is -0.120. The normalized spacial score (nSPS) is 18.2. The van der Waals surface area contributed by atoms with Crippen LogP contribution >= 0.6 is 0 Å². The minimum Gasteiger partial charge on any atom is -0.373 e. The van der Waals surface area contributed by atoms with Crippen LogP contribution in [0.1, 0.15) is 40.5 Å². The molecule has 2 atom stereocenters. The summed E-state index contributed by atoms with van der Waals surface area (Å²) in [5.74, 6) is -1.15. The van der Waals surface area contributed by atoms with Crippen molar-refractivity contribution in [2.45, 2.75) is 52.4 Å². The molecule has 0 aromatic rings. The van der Waals surface area contributed by atoms with Crippen LogP contribution in [-0.2, 0) is 9.47 Å². The summed E-state index contributed by atoms with van der Waals surface area (Å²) >= 11 is 0. The number of hydrogen-bond acceptors (Lipinski definition) is 3. The average Bonchev–Trinajstić information content (AvgIpc) is 2.04. The van der Waals surface area contributed by atoms with Gasteiger partial charge in [0.25, 0.3) is 0 Å². The van der Waals surface area contributed by atoms with Gasteiger partial charge in [0.05, 0.1) is 0 Å². The molecule has 2 unspecified atom stereocenters. The first-order valence-corrected chi connectivity index (χ1v) is 5.06. The Morgan fingerprint density at radius 1 is 1.23 bits per heavy atom. The van der Waals surface area contributed by atoms with Crippen molar-refractivity contribution in [1.29, 1.82) is 0 Å². The molecule has 0 aliphatic heterocycles. The largest absolute Gasteiger partial charge is 0.373 e. The molecule has 1 N–H and O–H groups in total. The van der Waals surface area contributed by atoms with E-state index < -0.39 is 5.79 Å². The lowest BCUT2D eigenvalue weighted by atomic mass is 10.1. The average molecular weight is 190 g/mol. The Labute approximate surface area is 81.0 Å². The van der Waals surface area contributed by atoms with Crippen LogP contribution in [0.2, 0.25) is 0 Å². The van der Waals surface area contributed by atoms with Crippen LogP contribution in [0.15, 0.2) is 0 Å². The summed E-state index contributed by atoms with van der Waals surface area (Å²) in [5.41, 5.74) is 0. The maximum Gasteiger partial charge on any atom is 0.189 e. The second-order valence-corrected chi connectivity index (χ2v) is 3.22. The third-order valence-electron chi connectivity index (χ3n) is 1.95. The SMILES string of the molecule is CCCC(OCC)C(C)(O)OCC. The quantitative estimate of drug-likeness (QED) is 0.623. The van der Waals surface area contributed by atoms with Gasteiger partial charge >= 0.3 is 0 Å². The highest BCUT2D eigenvalue weighted by Crippen LogP contribution is 2.19. The van der Waals surface area contributed by atoms with Gasteiger partial charge < -0.3 is 14.6 Å². The van der Waals surface area contributed by atoms with Gasteiger partial charge in [0.2, 0.25) is 0 Å². The molecule has 3 heteroatoms. The van der Waals surface area contributed by atoms with Crippen molar-refractivity contribution in [1.82, 2.24) is 0 Å². The molecular weight excluding hydrogens is 168 g/mol. The van der Waals surface area contributed by atoms with Crippen LogP contribution < -0.4 is 0 Å². The zero-order valence-electron chi connectivity index (χ0n) is 9.17. The van der Waals surface area contributed by atoms with Gasteiger partial charge in [0, 0.05) is 13.2 Å². The van der Waals surface area contributed by atoms with E-state index in [1.165, 1.54) is 0 Å². The van der Waals surface area contributed by atoms with Crippen LogP contribution in [-0.4, -0.2) is 30.2 Å². The molecule has 0 aromatic carbocycles. The highest BCUT2D eigenvalue weighted by molar-refractivity contribution is 4.73. The molecule has 0 bridgehead atoms. The molecule has 0 saturated carbocycles. The summed E-state index contributed by atoms with van der Waals surface area (Å²) in [7, 11) is 0. The van der Waals surface area contributed by atoms with Crippen LogP contribution in [0.25, 0.3) is 0 Å². The lowest BCUT2D eigenvalue weighted by molar-refractivity contribution is -0.254. The molecule has 0 radical (unpaired) electrons. The van der Waals surface area contributed by atoms with Crippen molar-refractivity contribution in [3.63, 3.8) is 0 Å². The molecule has 0 aliphatic carbocycles. The number of rotatable bonds is 7. The van der Waals surface area contributed by atoms with E-state index in [4.69, 9.17) is 9.47 Å². The molecule has 0 amide bonds. The first-order chi connectivity index (χ1) is 6.08. The summed E-state index contributed by atoms with van der Waals surface area (Å²) in [6.07, 6.45) is 1.58. The first-order valence-electron chi connectivity index (χ1n) is 5.06. The first kappa shape index (κ1) is 12.9. The van der Waals surface area contributed by atoms with E-state index in [0.717, 1.165) is 12.8 Å². The zero-order valence-corrected chi connectivity index (χ0v) is 9.17. The summed E-state index contributed by atoms with van der Waals surface area (Å²) in [6.45, 7) is 8.61. The number of hydrogen-bond donors (Lipinski definition) is 1. The Bertz CT molecular complexity index is 117. The van der Waals surface area contributed by atoms with Gasteiger partial charge in [-0.1, -0.05) is 13.3 Å². The summed E-state index contributed by atoms with van der Waals surface area (Å²) < 4.78 is 10.7. The second kappa shape index (κ2) is 6.35.